The number of aryl methyl sites for hydroxylation is 1. The average molecular weight is 258 g/mol. The van der Waals surface area contributed by atoms with Gasteiger partial charge in [-0.1, -0.05) is 6.07 Å². The molecule has 1 unspecified atom stereocenters. The van der Waals surface area contributed by atoms with Crippen molar-refractivity contribution in [3.8, 4) is 5.75 Å². The van der Waals surface area contributed by atoms with Crippen LogP contribution in [0, 0.1) is 0 Å². The van der Waals surface area contributed by atoms with Crippen molar-refractivity contribution >= 4 is 0 Å². The molecule has 2 aromatic rings. The topological polar surface area (TPSA) is 65.1 Å². The van der Waals surface area contributed by atoms with Crippen LogP contribution < -0.4 is 16.0 Å². The largest absolute Gasteiger partial charge is 0.493 e. The van der Waals surface area contributed by atoms with Crippen molar-refractivity contribution in [2.24, 2.45) is 5.84 Å². The summed E-state index contributed by atoms with van der Waals surface area (Å²) in [6.07, 6.45) is 4.81. The number of nitrogens with zero attached hydrogens (tertiary/aromatic N) is 2. The maximum atomic E-state index is 5.70. The molecule has 0 amide bonds. The molecule has 0 bridgehead atoms. The fraction of sp³-hybridized carbons (Fsp3) is 0.357. The van der Waals surface area contributed by atoms with Crippen LogP contribution in [0.2, 0.25) is 0 Å². The highest BCUT2D eigenvalue weighted by Gasteiger charge is 2.19. The lowest BCUT2D eigenvalue weighted by Gasteiger charge is -2.15. The second-order valence-corrected chi connectivity index (χ2v) is 4.69. The minimum Gasteiger partial charge on any atom is -0.493 e. The van der Waals surface area contributed by atoms with Crippen LogP contribution in [0.15, 0.2) is 30.7 Å². The van der Waals surface area contributed by atoms with Crippen molar-refractivity contribution in [3.63, 3.8) is 0 Å². The lowest BCUT2D eigenvalue weighted by atomic mass is 10.0. The molecular weight excluding hydrogens is 240 g/mol. The normalized spacial score (nSPS) is 15.1. The van der Waals surface area contributed by atoms with Gasteiger partial charge >= 0.3 is 0 Å². The molecule has 0 fully saturated rings. The quantitative estimate of drug-likeness (QED) is 0.642. The van der Waals surface area contributed by atoms with E-state index in [2.05, 4.69) is 23.4 Å². The number of aromatic nitrogens is 2. The van der Waals surface area contributed by atoms with E-state index < -0.39 is 0 Å². The number of rotatable bonds is 4. The van der Waals surface area contributed by atoms with E-state index in [0.29, 0.717) is 0 Å². The van der Waals surface area contributed by atoms with E-state index in [4.69, 9.17) is 10.6 Å². The van der Waals surface area contributed by atoms with Gasteiger partial charge in [-0.05, 0) is 30.2 Å². The maximum absolute atomic E-state index is 5.70. The van der Waals surface area contributed by atoms with Crippen LogP contribution in [0.4, 0.5) is 0 Å². The van der Waals surface area contributed by atoms with Crippen LogP contribution >= 0.6 is 0 Å². The van der Waals surface area contributed by atoms with Crippen LogP contribution in [-0.2, 0) is 13.0 Å². The summed E-state index contributed by atoms with van der Waals surface area (Å²) in [7, 11) is 0. The Morgan fingerprint density at radius 3 is 3.16 bits per heavy atom. The van der Waals surface area contributed by atoms with E-state index >= 15 is 0 Å². The first-order chi connectivity index (χ1) is 9.31. The number of nitrogens with one attached hydrogen (secondary N) is 1. The molecule has 1 aromatic heterocycles. The van der Waals surface area contributed by atoms with Gasteiger partial charge in [0, 0.05) is 19.2 Å². The van der Waals surface area contributed by atoms with Crippen molar-refractivity contribution in [2.75, 3.05) is 6.61 Å². The molecule has 19 heavy (non-hydrogen) atoms. The van der Waals surface area contributed by atoms with E-state index in [-0.39, 0.29) is 6.04 Å². The first-order valence-corrected chi connectivity index (χ1v) is 6.55. The van der Waals surface area contributed by atoms with Gasteiger partial charge in [0.15, 0.2) is 0 Å². The highest BCUT2D eigenvalue weighted by Crippen LogP contribution is 2.29. The second-order valence-electron chi connectivity index (χ2n) is 4.69. The Hall–Kier alpha value is -1.85. The summed E-state index contributed by atoms with van der Waals surface area (Å²) in [6, 6.07) is 6.12. The number of benzene rings is 1. The predicted molar refractivity (Wildman–Crippen MR) is 72.7 cm³/mol. The number of hydrogen-bond donors (Lipinski definition) is 2. The standard InChI is InChI=1S/C14H18N4O/c1-2-18-8-12(16-9-18)14(17-15)11-3-4-13-10(7-11)5-6-19-13/h3-4,7-9,14,17H,2,5-6,15H2,1H3. The summed E-state index contributed by atoms with van der Waals surface area (Å²) in [6.45, 7) is 3.76. The Kier molecular flexibility index (Phi) is 3.23. The molecule has 0 radical (unpaired) electrons. The van der Waals surface area contributed by atoms with Crippen molar-refractivity contribution in [1.29, 1.82) is 0 Å². The summed E-state index contributed by atoms with van der Waals surface area (Å²) in [5.74, 6) is 6.69. The van der Waals surface area contributed by atoms with Gasteiger partial charge in [0.25, 0.3) is 0 Å². The molecule has 0 saturated heterocycles. The van der Waals surface area contributed by atoms with E-state index in [1.54, 1.807) is 0 Å². The molecule has 0 aliphatic carbocycles. The number of hydrazine groups is 1. The molecule has 5 heteroatoms. The van der Waals surface area contributed by atoms with Gasteiger partial charge in [0.1, 0.15) is 5.75 Å². The minimum absolute atomic E-state index is 0.0845. The number of ether oxygens (including phenoxy) is 1. The van der Waals surface area contributed by atoms with Gasteiger partial charge in [0.05, 0.1) is 24.7 Å². The van der Waals surface area contributed by atoms with Gasteiger partial charge < -0.3 is 9.30 Å². The van der Waals surface area contributed by atoms with Gasteiger partial charge in [-0.25, -0.2) is 10.4 Å². The molecule has 2 heterocycles. The van der Waals surface area contributed by atoms with E-state index in [9.17, 15) is 0 Å². The molecule has 100 valence electrons. The Morgan fingerprint density at radius 1 is 1.53 bits per heavy atom. The molecule has 1 aromatic carbocycles. The first kappa shape index (κ1) is 12.2. The molecule has 1 aliphatic heterocycles. The lowest BCUT2D eigenvalue weighted by molar-refractivity contribution is 0.357. The van der Waals surface area contributed by atoms with E-state index in [1.165, 1.54) is 5.56 Å². The van der Waals surface area contributed by atoms with Crippen molar-refractivity contribution < 1.29 is 4.74 Å². The number of fused-ring (bicyclic) bond motifs is 1. The Morgan fingerprint density at radius 2 is 2.42 bits per heavy atom. The molecule has 1 aliphatic rings. The van der Waals surface area contributed by atoms with Crippen LogP contribution in [0.5, 0.6) is 5.75 Å². The highest BCUT2D eigenvalue weighted by atomic mass is 16.5. The zero-order valence-electron chi connectivity index (χ0n) is 11.0. The van der Waals surface area contributed by atoms with Crippen molar-refractivity contribution in [2.45, 2.75) is 25.9 Å². The smallest absolute Gasteiger partial charge is 0.122 e. The summed E-state index contributed by atoms with van der Waals surface area (Å²) in [5, 5.41) is 0. The SMILES string of the molecule is CCn1cnc(C(NN)c2ccc3c(c2)CCO3)c1. The van der Waals surface area contributed by atoms with Gasteiger partial charge in [0.2, 0.25) is 0 Å². The van der Waals surface area contributed by atoms with Gasteiger partial charge in [-0.15, -0.1) is 0 Å². The fourth-order valence-electron chi connectivity index (χ4n) is 2.44. The zero-order valence-corrected chi connectivity index (χ0v) is 11.0. The second kappa shape index (κ2) is 5.03. The molecule has 0 spiro atoms. The molecule has 1 atom stereocenters. The third-order valence-electron chi connectivity index (χ3n) is 3.53. The Bertz CT molecular complexity index is 579. The monoisotopic (exact) mass is 258 g/mol. The number of imidazole rings is 1. The zero-order chi connectivity index (χ0) is 13.2. The van der Waals surface area contributed by atoms with Gasteiger partial charge in [-0.2, -0.15) is 0 Å². The molecule has 5 nitrogen and oxygen atoms in total. The molecule has 0 saturated carbocycles. The predicted octanol–water partition coefficient (Wildman–Crippen LogP) is 1.39. The van der Waals surface area contributed by atoms with Crippen LogP contribution in [0.3, 0.4) is 0 Å². The van der Waals surface area contributed by atoms with Gasteiger partial charge in [-0.3, -0.25) is 5.84 Å². The molecule has 3 N–H and O–H groups in total. The van der Waals surface area contributed by atoms with Crippen molar-refractivity contribution in [1.82, 2.24) is 15.0 Å². The highest BCUT2D eigenvalue weighted by molar-refractivity contribution is 5.42. The third-order valence-corrected chi connectivity index (χ3v) is 3.53. The lowest BCUT2D eigenvalue weighted by Crippen LogP contribution is -2.29. The van der Waals surface area contributed by atoms with Crippen LogP contribution in [0.25, 0.3) is 0 Å². The summed E-state index contributed by atoms with van der Waals surface area (Å²) in [4.78, 5) is 4.42. The molecule has 3 rings (SSSR count). The number of hydrogen-bond acceptors (Lipinski definition) is 4. The van der Waals surface area contributed by atoms with E-state index in [1.807, 2.05) is 29.2 Å². The summed E-state index contributed by atoms with van der Waals surface area (Å²) < 4.78 is 7.56. The maximum Gasteiger partial charge on any atom is 0.122 e. The average Bonchev–Trinajstić information content (AvgIpc) is 3.07. The fourth-order valence-corrected chi connectivity index (χ4v) is 2.44. The van der Waals surface area contributed by atoms with Crippen LogP contribution in [0.1, 0.15) is 29.8 Å². The first-order valence-electron chi connectivity index (χ1n) is 6.55. The third kappa shape index (κ3) is 2.22. The van der Waals surface area contributed by atoms with Crippen LogP contribution in [-0.4, -0.2) is 16.2 Å². The molecular formula is C14H18N4O. The minimum atomic E-state index is -0.0845. The Balaban J connectivity index is 1.93. The summed E-state index contributed by atoms with van der Waals surface area (Å²) in [5.41, 5.74) is 6.14. The van der Waals surface area contributed by atoms with E-state index in [0.717, 1.165) is 36.6 Å². The Labute approximate surface area is 112 Å². The van der Waals surface area contributed by atoms with Crippen molar-refractivity contribution in [3.05, 3.63) is 47.5 Å². The number of nitrogens with two attached hydrogens (primary N) is 1. The summed E-state index contributed by atoms with van der Waals surface area (Å²) >= 11 is 0.